The minimum absolute atomic E-state index is 0.0369. The molecule has 0 unspecified atom stereocenters. The van der Waals surface area contributed by atoms with E-state index in [0.29, 0.717) is 24.7 Å². The molecule has 2 aliphatic rings. The molecule has 1 aliphatic heterocycles. The number of rotatable bonds is 7. The molecule has 1 aromatic carbocycles. The van der Waals surface area contributed by atoms with Gasteiger partial charge in [0.1, 0.15) is 11.5 Å². The van der Waals surface area contributed by atoms with Gasteiger partial charge in [-0.25, -0.2) is 0 Å². The zero-order valence-corrected chi connectivity index (χ0v) is 18.8. The Labute approximate surface area is 179 Å². The molecule has 3 rings (SSSR count). The van der Waals surface area contributed by atoms with E-state index in [2.05, 4.69) is 13.8 Å². The van der Waals surface area contributed by atoms with Gasteiger partial charge in [0.25, 0.3) is 0 Å². The Morgan fingerprint density at radius 3 is 2.50 bits per heavy atom. The minimum atomic E-state index is -0.320. The number of allylic oxidation sites excluding steroid dienone is 1. The molecular weight excluding hydrogens is 382 g/mol. The first-order chi connectivity index (χ1) is 14.3. The van der Waals surface area contributed by atoms with E-state index in [1.165, 1.54) is 0 Å². The van der Waals surface area contributed by atoms with Gasteiger partial charge < -0.3 is 19.1 Å². The van der Waals surface area contributed by atoms with Crippen LogP contribution >= 0.6 is 0 Å². The van der Waals surface area contributed by atoms with Crippen molar-refractivity contribution in [2.75, 3.05) is 20.8 Å². The topological polar surface area (TPSA) is 65.1 Å². The number of amides is 1. The molecule has 30 heavy (non-hydrogen) atoms. The molecule has 1 saturated heterocycles. The molecule has 6 heteroatoms. The Kier molecular flexibility index (Phi) is 6.74. The molecule has 0 aromatic heterocycles. The molecule has 0 N–H and O–H groups in total. The normalized spacial score (nSPS) is 27.9. The van der Waals surface area contributed by atoms with Crippen LogP contribution in [0.3, 0.4) is 0 Å². The lowest BCUT2D eigenvalue weighted by Crippen LogP contribution is -2.44. The molecule has 1 heterocycles. The summed E-state index contributed by atoms with van der Waals surface area (Å²) in [6.45, 7) is 8.86. The van der Waals surface area contributed by atoms with Gasteiger partial charge in [0.05, 0.1) is 32.7 Å². The summed E-state index contributed by atoms with van der Waals surface area (Å²) in [4.78, 5) is 28.2. The van der Waals surface area contributed by atoms with Crippen LogP contribution < -0.4 is 9.47 Å². The summed E-state index contributed by atoms with van der Waals surface area (Å²) < 4.78 is 16.2. The number of esters is 1. The first-order valence-electron chi connectivity index (χ1n) is 10.7. The quantitative estimate of drug-likeness (QED) is 0.502. The van der Waals surface area contributed by atoms with E-state index in [1.54, 1.807) is 14.2 Å². The Hall–Kier alpha value is -2.50. The second-order valence-corrected chi connectivity index (χ2v) is 8.50. The molecule has 0 saturated carbocycles. The Balaban J connectivity index is 1.98. The van der Waals surface area contributed by atoms with Crippen molar-refractivity contribution in [3.05, 3.63) is 35.9 Å². The Morgan fingerprint density at radius 2 is 1.90 bits per heavy atom. The van der Waals surface area contributed by atoms with Crippen LogP contribution in [0.1, 0.15) is 33.3 Å². The lowest BCUT2D eigenvalue weighted by atomic mass is 9.68. The molecule has 164 valence electrons. The Bertz CT molecular complexity index is 818. The number of carbonyl (C=O) groups is 2. The van der Waals surface area contributed by atoms with Gasteiger partial charge in [0.2, 0.25) is 5.91 Å². The summed E-state index contributed by atoms with van der Waals surface area (Å²) in [6.07, 6.45) is 3.99. The first kappa shape index (κ1) is 22.2. The summed E-state index contributed by atoms with van der Waals surface area (Å²) in [5, 5.41) is 0. The van der Waals surface area contributed by atoms with Gasteiger partial charge in [-0.15, -0.1) is 0 Å². The Morgan fingerprint density at radius 1 is 1.17 bits per heavy atom. The molecule has 6 nitrogen and oxygen atoms in total. The molecule has 5 atom stereocenters. The van der Waals surface area contributed by atoms with E-state index in [4.69, 9.17) is 14.2 Å². The largest absolute Gasteiger partial charge is 0.497 e. The fourth-order valence-corrected chi connectivity index (χ4v) is 5.10. The van der Waals surface area contributed by atoms with Crippen LogP contribution in [0.2, 0.25) is 0 Å². The summed E-state index contributed by atoms with van der Waals surface area (Å²) in [7, 11) is 3.23. The van der Waals surface area contributed by atoms with Gasteiger partial charge in [0.15, 0.2) is 0 Å². The third-order valence-electron chi connectivity index (χ3n) is 6.42. The third kappa shape index (κ3) is 3.92. The number of benzene rings is 1. The average molecular weight is 416 g/mol. The third-order valence-corrected chi connectivity index (χ3v) is 6.42. The summed E-state index contributed by atoms with van der Waals surface area (Å²) >= 11 is 0. The van der Waals surface area contributed by atoms with E-state index in [1.807, 2.05) is 49.1 Å². The molecule has 0 radical (unpaired) electrons. The van der Waals surface area contributed by atoms with Crippen LogP contribution in [0.15, 0.2) is 30.4 Å². The number of hydrogen-bond acceptors (Lipinski definition) is 5. The van der Waals surface area contributed by atoms with Gasteiger partial charge in [0, 0.05) is 30.1 Å². The molecule has 1 amide bonds. The fraction of sp³-hybridized carbons (Fsp3) is 0.583. The van der Waals surface area contributed by atoms with E-state index < -0.39 is 0 Å². The minimum Gasteiger partial charge on any atom is -0.497 e. The van der Waals surface area contributed by atoms with Crippen LogP contribution in [0.25, 0.3) is 0 Å². The van der Waals surface area contributed by atoms with Crippen LogP contribution in [0.4, 0.5) is 0 Å². The fourth-order valence-electron chi connectivity index (χ4n) is 5.10. The van der Waals surface area contributed by atoms with Gasteiger partial charge in [-0.2, -0.15) is 0 Å². The average Bonchev–Trinajstić information content (AvgIpc) is 3.00. The number of hydrogen-bond donors (Lipinski definition) is 0. The predicted octanol–water partition coefficient (Wildman–Crippen LogP) is 3.69. The zero-order valence-electron chi connectivity index (χ0n) is 18.8. The smallest absolute Gasteiger partial charge is 0.309 e. The van der Waals surface area contributed by atoms with Crippen LogP contribution in [-0.2, 0) is 20.9 Å². The van der Waals surface area contributed by atoms with Crippen molar-refractivity contribution in [1.29, 1.82) is 0 Å². The van der Waals surface area contributed by atoms with Gasteiger partial charge in [-0.05, 0) is 30.9 Å². The van der Waals surface area contributed by atoms with E-state index >= 15 is 0 Å². The van der Waals surface area contributed by atoms with Crippen molar-refractivity contribution in [2.45, 2.75) is 40.3 Å². The van der Waals surface area contributed by atoms with Crippen LogP contribution in [0.5, 0.6) is 11.5 Å². The second kappa shape index (κ2) is 9.11. The van der Waals surface area contributed by atoms with Crippen molar-refractivity contribution in [3.8, 4) is 11.5 Å². The number of methoxy groups -OCH3 is 2. The number of likely N-dealkylation sites (tertiary alicyclic amines) is 1. The monoisotopic (exact) mass is 415 g/mol. The first-order valence-corrected chi connectivity index (χ1v) is 10.7. The standard InChI is InChI=1S/C24H33NO5/c1-7-30-24(27)20-15(4)8-11-18-21(20)22(14(2)3)25(23(18)26)13-16-9-10-17(28-5)12-19(16)29-6/h8-12,14-15,18,20-22H,7,13H2,1-6H3/t15-,18+,20-,21-,22-/m0/s1. The highest BCUT2D eigenvalue weighted by molar-refractivity contribution is 5.86. The maximum atomic E-state index is 13.5. The molecule has 1 aromatic rings. The number of nitrogens with zero attached hydrogens (tertiary/aromatic N) is 1. The van der Waals surface area contributed by atoms with Crippen molar-refractivity contribution >= 4 is 11.9 Å². The van der Waals surface area contributed by atoms with E-state index in [0.717, 1.165) is 5.56 Å². The van der Waals surface area contributed by atoms with Crippen molar-refractivity contribution in [1.82, 2.24) is 4.90 Å². The van der Waals surface area contributed by atoms with Gasteiger partial charge in [-0.3, -0.25) is 9.59 Å². The molecule has 1 fully saturated rings. The highest BCUT2D eigenvalue weighted by Crippen LogP contribution is 2.47. The van der Waals surface area contributed by atoms with E-state index in [9.17, 15) is 9.59 Å². The highest BCUT2D eigenvalue weighted by Gasteiger charge is 2.55. The van der Waals surface area contributed by atoms with Gasteiger partial charge in [-0.1, -0.05) is 32.9 Å². The van der Waals surface area contributed by atoms with Crippen LogP contribution in [0, 0.1) is 29.6 Å². The molecule has 0 bridgehead atoms. The number of fused-ring (bicyclic) bond motifs is 1. The maximum Gasteiger partial charge on any atom is 0.309 e. The number of ether oxygens (including phenoxy) is 3. The lowest BCUT2D eigenvalue weighted by molar-refractivity contribution is -0.153. The van der Waals surface area contributed by atoms with Crippen LogP contribution in [-0.4, -0.2) is 43.6 Å². The molecular formula is C24H33NO5. The maximum absolute atomic E-state index is 13.5. The summed E-state index contributed by atoms with van der Waals surface area (Å²) in [5.74, 6) is 0.772. The molecule has 0 spiro atoms. The SMILES string of the molecule is CCOC(=O)[C@@H]1[C@@H]2[C@@H](C=C[C@@H]1C)C(=O)N(Cc1ccc(OC)cc1OC)[C@H]2C(C)C. The van der Waals surface area contributed by atoms with Gasteiger partial charge >= 0.3 is 5.97 Å². The lowest BCUT2D eigenvalue weighted by Gasteiger charge is -2.38. The summed E-state index contributed by atoms with van der Waals surface area (Å²) in [6, 6.07) is 5.58. The summed E-state index contributed by atoms with van der Waals surface area (Å²) in [5.41, 5.74) is 0.917. The van der Waals surface area contributed by atoms with Crippen molar-refractivity contribution in [3.63, 3.8) is 0 Å². The number of carbonyl (C=O) groups excluding carboxylic acids is 2. The highest BCUT2D eigenvalue weighted by atomic mass is 16.5. The predicted molar refractivity (Wildman–Crippen MR) is 114 cm³/mol. The second-order valence-electron chi connectivity index (χ2n) is 8.50. The van der Waals surface area contributed by atoms with Crippen molar-refractivity contribution < 1.29 is 23.8 Å². The zero-order chi connectivity index (χ0) is 22.0. The van der Waals surface area contributed by atoms with E-state index in [-0.39, 0.29) is 47.5 Å². The molecule has 1 aliphatic carbocycles. The van der Waals surface area contributed by atoms with Crippen molar-refractivity contribution in [2.24, 2.45) is 29.6 Å².